The number of nitrogens with one attached hydrogen (secondary N) is 1. The minimum absolute atomic E-state index is 0.241. The van der Waals surface area contributed by atoms with E-state index in [1.54, 1.807) is 42.8 Å². The van der Waals surface area contributed by atoms with Crippen LogP contribution in [-0.2, 0) is 4.74 Å². The third-order valence-corrected chi connectivity index (χ3v) is 4.04. The van der Waals surface area contributed by atoms with Crippen LogP contribution in [0, 0.1) is 13.8 Å². The molecule has 0 aliphatic rings. The normalized spacial score (nSPS) is 10.5. The van der Waals surface area contributed by atoms with Crippen molar-refractivity contribution in [2.24, 2.45) is 0 Å². The van der Waals surface area contributed by atoms with Crippen LogP contribution in [0.15, 0.2) is 48.5 Å². The van der Waals surface area contributed by atoms with Crippen molar-refractivity contribution in [2.75, 3.05) is 11.9 Å². The van der Waals surface area contributed by atoms with Gasteiger partial charge in [-0.1, -0.05) is 22.9 Å². The number of nitrogens with zero attached hydrogens (tertiary/aromatic N) is 3. The standard InChI is InChI=1S/C20H20N4O3/c1-4-27-20(26)15-7-9-16(10-8-15)21-19(25)18-14(3)24(23-22-18)17-11-5-13(2)6-12-17/h5-12H,4H2,1-3H3,(H,21,25). The first-order chi connectivity index (χ1) is 13.0. The lowest BCUT2D eigenvalue weighted by Crippen LogP contribution is -2.14. The molecule has 0 bridgehead atoms. The second-order valence-corrected chi connectivity index (χ2v) is 6.02. The number of hydrogen-bond donors (Lipinski definition) is 1. The molecular weight excluding hydrogens is 344 g/mol. The van der Waals surface area contributed by atoms with Gasteiger partial charge in [-0.3, -0.25) is 4.79 Å². The lowest BCUT2D eigenvalue weighted by atomic mass is 10.2. The van der Waals surface area contributed by atoms with Gasteiger partial charge in [0.25, 0.3) is 5.91 Å². The predicted molar refractivity (Wildman–Crippen MR) is 101 cm³/mol. The van der Waals surface area contributed by atoms with Gasteiger partial charge in [-0.2, -0.15) is 0 Å². The molecule has 0 atom stereocenters. The minimum Gasteiger partial charge on any atom is -0.462 e. The molecule has 0 unspecified atom stereocenters. The largest absolute Gasteiger partial charge is 0.462 e. The van der Waals surface area contributed by atoms with Gasteiger partial charge in [0.1, 0.15) is 0 Å². The fourth-order valence-corrected chi connectivity index (χ4v) is 2.56. The summed E-state index contributed by atoms with van der Waals surface area (Å²) in [5.74, 6) is -0.762. The van der Waals surface area contributed by atoms with E-state index in [1.165, 1.54) is 0 Å². The molecule has 3 rings (SSSR count). The second kappa shape index (κ2) is 7.82. The molecule has 0 aliphatic carbocycles. The number of anilines is 1. The number of carbonyl (C=O) groups excluding carboxylic acids is 2. The first-order valence-corrected chi connectivity index (χ1v) is 8.57. The lowest BCUT2D eigenvalue weighted by molar-refractivity contribution is 0.0526. The van der Waals surface area contributed by atoms with Crippen LogP contribution in [0.5, 0.6) is 0 Å². The summed E-state index contributed by atoms with van der Waals surface area (Å²) in [6.45, 7) is 5.86. The predicted octanol–water partition coefficient (Wildman–Crippen LogP) is 3.31. The van der Waals surface area contributed by atoms with Gasteiger partial charge in [0, 0.05) is 5.69 Å². The Morgan fingerprint density at radius 2 is 1.70 bits per heavy atom. The van der Waals surface area contributed by atoms with Gasteiger partial charge in [0.2, 0.25) is 0 Å². The molecule has 1 heterocycles. The molecule has 27 heavy (non-hydrogen) atoms. The molecule has 1 aromatic heterocycles. The Morgan fingerprint density at radius 3 is 2.33 bits per heavy atom. The molecule has 0 radical (unpaired) electrons. The Kier molecular flexibility index (Phi) is 5.30. The van der Waals surface area contributed by atoms with Gasteiger partial charge in [-0.05, 0) is 57.2 Å². The zero-order valence-electron chi connectivity index (χ0n) is 15.4. The molecule has 7 heteroatoms. The van der Waals surface area contributed by atoms with Crippen LogP contribution < -0.4 is 5.32 Å². The monoisotopic (exact) mass is 364 g/mol. The summed E-state index contributed by atoms with van der Waals surface area (Å²) in [4.78, 5) is 24.2. The van der Waals surface area contributed by atoms with E-state index in [0.29, 0.717) is 23.6 Å². The molecule has 0 spiro atoms. The van der Waals surface area contributed by atoms with Crippen LogP contribution in [-0.4, -0.2) is 33.5 Å². The van der Waals surface area contributed by atoms with Crippen LogP contribution >= 0.6 is 0 Å². The van der Waals surface area contributed by atoms with Crippen molar-refractivity contribution >= 4 is 17.6 Å². The molecule has 1 N–H and O–H groups in total. The molecular formula is C20H20N4O3. The van der Waals surface area contributed by atoms with Crippen molar-refractivity contribution in [3.63, 3.8) is 0 Å². The van der Waals surface area contributed by atoms with Crippen molar-refractivity contribution in [1.29, 1.82) is 0 Å². The van der Waals surface area contributed by atoms with Crippen molar-refractivity contribution in [3.8, 4) is 5.69 Å². The average molecular weight is 364 g/mol. The molecule has 3 aromatic rings. The highest BCUT2D eigenvalue weighted by Crippen LogP contribution is 2.16. The van der Waals surface area contributed by atoms with E-state index in [2.05, 4.69) is 15.6 Å². The Hall–Kier alpha value is -3.48. The van der Waals surface area contributed by atoms with E-state index < -0.39 is 5.97 Å². The number of aryl methyl sites for hydroxylation is 1. The zero-order chi connectivity index (χ0) is 19.4. The average Bonchev–Trinajstić information content (AvgIpc) is 3.05. The number of aromatic nitrogens is 3. The highest BCUT2D eigenvalue weighted by atomic mass is 16.5. The number of rotatable bonds is 5. The van der Waals surface area contributed by atoms with Gasteiger partial charge in [0.15, 0.2) is 5.69 Å². The maximum Gasteiger partial charge on any atom is 0.338 e. The summed E-state index contributed by atoms with van der Waals surface area (Å²) in [7, 11) is 0. The Labute approximate surface area is 157 Å². The smallest absolute Gasteiger partial charge is 0.338 e. The summed E-state index contributed by atoms with van der Waals surface area (Å²) in [5.41, 5.74) is 3.84. The fraction of sp³-hybridized carbons (Fsp3) is 0.200. The second-order valence-electron chi connectivity index (χ2n) is 6.02. The van der Waals surface area contributed by atoms with Crippen molar-refractivity contribution in [3.05, 3.63) is 71.0 Å². The Balaban J connectivity index is 1.75. The first kappa shape index (κ1) is 18.3. The van der Waals surface area contributed by atoms with Crippen molar-refractivity contribution in [1.82, 2.24) is 15.0 Å². The molecule has 1 amide bonds. The van der Waals surface area contributed by atoms with Crippen molar-refractivity contribution < 1.29 is 14.3 Å². The number of hydrogen-bond acceptors (Lipinski definition) is 5. The van der Waals surface area contributed by atoms with E-state index in [-0.39, 0.29) is 11.6 Å². The molecule has 0 aliphatic heterocycles. The zero-order valence-corrected chi connectivity index (χ0v) is 15.4. The molecule has 0 saturated heterocycles. The number of esters is 1. The van der Waals surface area contributed by atoms with Gasteiger partial charge >= 0.3 is 5.97 Å². The topological polar surface area (TPSA) is 86.1 Å². The maximum atomic E-state index is 12.5. The summed E-state index contributed by atoms with van der Waals surface area (Å²) in [5, 5.41) is 10.9. The number of carbonyl (C=O) groups is 2. The van der Waals surface area contributed by atoms with Gasteiger partial charge in [-0.25, -0.2) is 9.48 Å². The third-order valence-electron chi connectivity index (χ3n) is 4.04. The van der Waals surface area contributed by atoms with E-state index in [1.807, 2.05) is 31.2 Å². The van der Waals surface area contributed by atoms with E-state index in [9.17, 15) is 9.59 Å². The van der Waals surface area contributed by atoms with Crippen LogP contribution in [0.25, 0.3) is 5.69 Å². The van der Waals surface area contributed by atoms with E-state index in [0.717, 1.165) is 11.3 Å². The maximum absolute atomic E-state index is 12.5. The summed E-state index contributed by atoms with van der Waals surface area (Å²) < 4.78 is 6.56. The molecule has 2 aromatic carbocycles. The fourth-order valence-electron chi connectivity index (χ4n) is 2.56. The molecule has 0 fully saturated rings. The van der Waals surface area contributed by atoms with Crippen LogP contribution in [0.4, 0.5) is 5.69 Å². The van der Waals surface area contributed by atoms with Gasteiger partial charge in [-0.15, -0.1) is 5.10 Å². The quantitative estimate of drug-likeness (QED) is 0.702. The van der Waals surface area contributed by atoms with Gasteiger partial charge < -0.3 is 10.1 Å². The highest BCUT2D eigenvalue weighted by molar-refractivity contribution is 6.03. The number of amides is 1. The molecule has 0 saturated carbocycles. The van der Waals surface area contributed by atoms with Crippen molar-refractivity contribution in [2.45, 2.75) is 20.8 Å². The minimum atomic E-state index is -0.396. The lowest BCUT2D eigenvalue weighted by Gasteiger charge is -2.06. The van der Waals surface area contributed by atoms with Crippen LogP contribution in [0.3, 0.4) is 0 Å². The Bertz CT molecular complexity index is 960. The summed E-state index contributed by atoms with van der Waals surface area (Å²) in [6.07, 6.45) is 0. The van der Waals surface area contributed by atoms with Crippen LogP contribution in [0.1, 0.15) is 39.0 Å². The third kappa shape index (κ3) is 4.03. The number of benzene rings is 2. The van der Waals surface area contributed by atoms with Crippen LogP contribution in [0.2, 0.25) is 0 Å². The SMILES string of the molecule is CCOC(=O)c1ccc(NC(=O)c2nnn(-c3ccc(C)cc3)c2C)cc1. The number of ether oxygens (including phenoxy) is 1. The highest BCUT2D eigenvalue weighted by Gasteiger charge is 2.17. The first-order valence-electron chi connectivity index (χ1n) is 8.57. The van der Waals surface area contributed by atoms with Gasteiger partial charge in [0.05, 0.1) is 23.6 Å². The van der Waals surface area contributed by atoms with E-state index in [4.69, 9.17) is 4.74 Å². The Morgan fingerprint density at radius 1 is 1.04 bits per heavy atom. The van der Waals surface area contributed by atoms with E-state index >= 15 is 0 Å². The molecule has 138 valence electrons. The summed E-state index contributed by atoms with van der Waals surface area (Å²) in [6, 6.07) is 14.3. The summed E-state index contributed by atoms with van der Waals surface area (Å²) >= 11 is 0. The molecule has 7 nitrogen and oxygen atoms in total.